The number of rotatable bonds is 2. The Bertz CT molecular complexity index is 594. The van der Waals surface area contributed by atoms with Gasteiger partial charge in [0.25, 0.3) is 0 Å². The Morgan fingerprint density at radius 1 is 1.39 bits per heavy atom. The fourth-order valence-corrected chi connectivity index (χ4v) is 1.54. The summed E-state index contributed by atoms with van der Waals surface area (Å²) in [5.74, 6) is -1.99. The second kappa shape index (κ2) is 4.49. The van der Waals surface area contributed by atoms with Crippen LogP contribution in [0.3, 0.4) is 0 Å². The van der Waals surface area contributed by atoms with Gasteiger partial charge in [0, 0.05) is 12.4 Å². The molecule has 0 radical (unpaired) electrons. The number of carbonyl (C=O) groups excluding carboxylic acids is 1. The molecule has 2 aromatic heterocycles. The third-order valence-corrected chi connectivity index (χ3v) is 2.38. The molecule has 0 saturated heterocycles. The minimum atomic E-state index is -4.89. The summed E-state index contributed by atoms with van der Waals surface area (Å²) in [6.45, 7) is -0.294. The predicted molar refractivity (Wildman–Crippen MR) is 58.1 cm³/mol. The van der Waals surface area contributed by atoms with Crippen LogP contribution in [0.15, 0.2) is 24.5 Å². The van der Waals surface area contributed by atoms with E-state index in [0.29, 0.717) is 16.4 Å². The van der Waals surface area contributed by atoms with Crippen LogP contribution in [-0.4, -0.2) is 21.5 Å². The summed E-state index contributed by atoms with van der Waals surface area (Å²) in [4.78, 5) is 14.6. The molecule has 0 aromatic carbocycles. The fourth-order valence-electron chi connectivity index (χ4n) is 1.37. The van der Waals surface area contributed by atoms with Crippen molar-refractivity contribution in [3.63, 3.8) is 0 Å². The van der Waals surface area contributed by atoms with Gasteiger partial charge in [0.2, 0.25) is 0 Å². The standard InChI is InChI=1S/C10H7ClF3N3O/c11-6-1-2-8-16-7(5-17(8)4-6)3-15-9(18)10(12,13)14/h1-2,4-5H,3H2,(H,15,18). The first kappa shape index (κ1) is 12.7. The summed E-state index contributed by atoms with van der Waals surface area (Å²) in [6.07, 6.45) is -1.82. The molecule has 0 bridgehead atoms. The number of aromatic nitrogens is 2. The molecule has 1 N–H and O–H groups in total. The van der Waals surface area contributed by atoms with E-state index in [0.717, 1.165) is 0 Å². The molecule has 2 heterocycles. The minimum Gasteiger partial charge on any atom is -0.343 e. The average molecular weight is 278 g/mol. The SMILES string of the molecule is O=C(NCc1cn2cc(Cl)ccc2n1)C(F)(F)F. The molecule has 8 heteroatoms. The molecule has 0 aliphatic rings. The van der Waals surface area contributed by atoms with Crippen molar-refractivity contribution in [1.82, 2.24) is 14.7 Å². The van der Waals surface area contributed by atoms with Gasteiger partial charge in [0.05, 0.1) is 17.3 Å². The third-order valence-electron chi connectivity index (χ3n) is 2.15. The molecule has 0 spiro atoms. The van der Waals surface area contributed by atoms with Gasteiger partial charge < -0.3 is 9.72 Å². The largest absolute Gasteiger partial charge is 0.471 e. The molecule has 0 aliphatic carbocycles. The Morgan fingerprint density at radius 3 is 2.78 bits per heavy atom. The van der Waals surface area contributed by atoms with Gasteiger partial charge >= 0.3 is 12.1 Å². The second-order valence-electron chi connectivity index (χ2n) is 3.53. The molecule has 2 rings (SSSR count). The molecule has 96 valence electrons. The van der Waals surface area contributed by atoms with E-state index in [2.05, 4.69) is 4.98 Å². The van der Waals surface area contributed by atoms with Crippen LogP contribution in [0.2, 0.25) is 5.02 Å². The lowest BCUT2D eigenvalue weighted by molar-refractivity contribution is -0.173. The van der Waals surface area contributed by atoms with Gasteiger partial charge in [-0.3, -0.25) is 4.79 Å². The van der Waals surface area contributed by atoms with Gasteiger partial charge in [-0.15, -0.1) is 0 Å². The molecule has 0 unspecified atom stereocenters. The molecule has 0 aliphatic heterocycles. The van der Waals surface area contributed by atoms with Gasteiger partial charge in [-0.1, -0.05) is 11.6 Å². The Labute approximate surface area is 104 Å². The Balaban J connectivity index is 2.11. The molecule has 1 amide bonds. The Morgan fingerprint density at radius 2 is 2.11 bits per heavy atom. The highest BCUT2D eigenvalue weighted by Crippen LogP contribution is 2.15. The van der Waals surface area contributed by atoms with Crippen molar-refractivity contribution in [2.45, 2.75) is 12.7 Å². The van der Waals surface area contributed by atoms with Crippen molar-refractivity contribution in [1.29, 1.82) is 0 Å². The molecule has 2 aromatic rings. The number of carbonyl (C=O) groups is 1. The number of nitrogens with one attached hydrogen (secondary N) is 1. The quantitative estimate of drug-likeness (QED) is 0.914. The van der Waals surface area contributed by atoms with Crippen LogP contribution in [0, 0.1) is 0 Å². The van der Waals surface area contributed by atoms with Gasteiger partial charge in [-0.25, -0.2) is 4.98 Å². The van der Waals surface area contributed by atoms with Gasteiger partial charge in [-0.05, 0) is 12.1 Å². The van der Waals surface area contributed by atoms with Crippen molar-refractivity contribution in [3.05, 3.63) is 35.2 Å². The van der Waals surface area contributed by atoms with Gasteiger partial charge in [-0.2, -0.15) is 13.2 Å². The number of imidazole rings is 1. The first-order valence-electron chi connectivity index (χ1n) is 4.84. The Hall–Kier alpha value is -1.76. The van der Waals surface area contributed by atoms with Crippen LogP contribution in [-0.2, 0) is 11.3 Å². The van der Waals surface area contributed by atoms with Gasteiger partial charge in [0.1, 0.15) is 5.65 Å². The zero-order valence-corrected chi connectivity index (χ0v) is 9.59. The number of fused-ring (bicyclic) bond motifs is 1. The second-order valence-corrected chi connectivity index (χ2v) is 3.96. The number of alkyl halides is 3. The summed E-state index contributed by atoms with van der Waals surface area (Å²) < 4.78 is 37.4. The fraction of sp³-hybridized carbons (Fsp3) is 0.200. The molecule has 18 heavy (non-hydrogen) atoms. The number of pyridine rings is 1. The Kier molecular flexibility index (Phi) is 3.16. The van der Waals surface area contributed by atoms with Crippen molar-refractivity contribution in [2.24, 2.45) is 0 Å². The highest BCUT2D eigenvalue weighted by Gasteiger charge is 2.38. The van der Waals surface area contributed by atoms with Crippen LogP contribution in [0.5, 0.6) is 0 Å². The van der Waals surface area contributed by atoms with Crippen LogP contribution < -0.4 is 5.32 Å². The minimum absolute atomic E-state index is 0.294. The van der Waals surface area contributed by atoms with E-state index in [1.165, 1.54) is 6.20 Å². The number of nitrogens with zero attached hydrogens (tertiary/aromatic N) is 2. The van der Waals surface area contributed by atoms with E-state index in [4.69, 9.17) is 11.6 Å². The smallest absolute Gasteiger partial charge is 0.343 e. The van der Waals surface area contributed by atoms with E-state index in [-0.39, 0.29) is 6.54 Å². The maximum Gasteiger partial charge on any atom is 0.471 e. The van der Waals surface area contributed by atoms with Crippen LogP contribution >= 0.6 is 11.6 Å². The first-order chi connectivity index (χ1) is 8.36. The van der Waals surface area contributed by atoms with Crippen LogP contribution in [0.4, 0.5) is 13.2 Å². The van der Waals surface area contributed by atoms with Crippen molar-refractivity contribution in [2.75, 3.05) is 0 Å². The topological polar surface area (TPSA) is 46.4 Å². The van der Waals surface area contributed by atoms with E-state index < -0.39 is 12.1 Å². The lowest BCUT2D eigenvalue weighted by Gasteiger charge is -2.05. The maximum absolute atomic E-state index is 12.0. The molecule has 4 nitrogen and oxygen atoms in total. The zero-order chi connectivity index (χ0) is 13.3. The van der Waals surface area contributed by atoms with Crippen molar-refractivity contribution < 1.29 is 18.0 Å². The summed E-state index contributed by atoms with van der Waals surface area (Å²) in [7, 11) is 0. The summed E-state index contributed by atoms with van der Waals surface area (Å²) >= 11 is 5.75. The van der Waals surface area contributed by atoms with E-state index in [1.54, 1.807) is 28.0 Å². The van der Waals surface area contributed by atoms with E-state index >= 15 is 0 Å². The van der Waals surface area contributed by atoms with Crippen molar-refractivity contribution in [3.8, 4) is 0 Å². The normalized spacial score (nSPS) is 11.8. The molecule has 0 saturated carbocycles. The number of halogens is 4. The lowest BCUT2D eigenvalue weighted by Crippen LogP contribution is -2.36. The first-order valence-corrected chi connectivity index (χ1v) is 5.22. The lowest BCUT2D eigenvalue weighted by atomic mass is 10.4. The number of hydrogen-bond acceptors (Lipinski definition) is 2. The maximum atomic E-state index is 12.0. The highest BCUT2D eigenvalue weighted by atomic mass is 35.5. The number of amides is 1. The molecule has 0 fully saturated rings. The van der Waals surface area contributed by atoms with Crippen LogP contribution in [0.1, 0.15) is 5.69 Å². The molecular weight excluding hydrogens is 271 g/mol. The highest BCUT2D eigenvalue weighted by molar-refractivity contribution is 6.30. The van der Waals surface area contributed by atoms with E-state index in [1.807, 2.05) is 0 Å². The van der Waals surface area contributed by atoms with Crippen molar-refractivity contribution >= 4 is 23.2 Å². The monoisotopic (exact) mass is 277 g/mol. The summed E-state index contributed by atoms with van der Waals surface area (Å²) in [6, 6.07) is 3.24. The zero-order valence-electron chi connectivity index (χ0n) is 8.83. The molecule has 0 atom stereocenters. The van der Waals surface area contributed by atoms with Crippen LogP contribution in [0.25, 0.3) is 5.65 Å². The predicted octanol–water partition coefficient (Wildman–Crippen LogP) is 2.17. The summed E-state index contributed by atoms with van der Waals surface area (Å²) in [5, 5.41) is 2.22. The van der Waals surface area contributed by atoms with E-state index in [9.17, 15) is 18.0 Å². The van der Waals surface area contributed by atoms with Gasteiger partial charge in [0.15, 0.2) is 0 Å². The molecular formula is C10H7ClF3N3O. The third kappa shape index (κ3) is 2.73. The number of hydrogen-bond donors (Lipinski definition) is 1. The average Bonchev–Trinajstić information content (AvgIpc) is 2.66. The summed E-state index contributed by atoms with van der Waals surface area (Å²) in [5.41, 5.74) is 0.852.